The van der Waals surface area contributed by atoms with E-state index in [9.17, 15) is 4.79 Å². The van der Waals surface area contributed by atoms with E-state index in [1.807, 2.05) is 55.5 Å². The van der Waals surface area contributed by atoms with Gasteiger partial charge in [0.2, 0.25) is 0 Å². The molecule has 0 radical (unpaired) electrons. The first kappa shape index (κ1) is 15.6. The molecule has 114 valence electrons. The Balaban J connectivity index is 1.81. The number of methoxy groups -OCH3 is 1. The standard InChI is InChI=1S/C17H18N2O3/c1-13-7-9-15(10-8-13)19-17(20)12-22-18-11-14-5-3-4-6-16(14)21-2/h3-11H,12H2,1-2H3,(H,19,20)/b18-11-. The summed E-state index contributed by atoms with van der Waals surface area (Å²) in [6, 6.07) is 14.9. The van der Waals surface area contributed by atoms with Gasteiger partial charge in [0.1, 0.15) is 5.75 Å². The van der Waals surface area contributed by atoms with Crippen LogP contribution < -0.4 is 10.1 Å². The molecule has 0 aliphatic heterocycles. The van der Waals surface area contributed by atoms with Crippen LogP contribution in [0.5, 0.6) is 5.75 Å². The van der Waals surface area contributed by atoms with E-state index in [0.717, 1.165) is 16.8 Å². The zero-order valence-electron chi connectivity index (χ0n) is 12.6. The average Bonchev–Trinajstić information content (AvgIpc) is 2.54. The molecule has 0 saturated heterocycles. The van der Waals surface area contributed by atoms with Crippen LogP contribution in [0.2, 0.25) is 0 Å². The zero-order chi connectivity index (χ0) is 15.8. The molecule has 0 fully saturated rings. The van der Waals surface area contributed by atoms with E-state index in [4.69, 9.17) is 9.57 Å². The maximum Gasteiger partial charge on any atom is 0.265 e. The Hall–Kier alpha value is -2.82. The van der Waals surface area contributed by atoms with E-state index < -0.39 is 0 Å². The number of rotatable bonds is 6. The number of nitrogens with one attached hydrogen (secondary N) is 1. The maximum absolute atomic E-state index is 11.7. The van der Waals surface area contributed by atoms with Crippen LogP contribution in [0, 0.1) is 6.92 Å². The van der Waals surface area contributed by atoms with Gasteiger partial charge in [0.15, 0.2) is 6.61 Å². The van der Waals surface area contributed by atoms with Crippen LogP contribution >= 0.6 is 0 Å². The number of hydrogen-bond donors (Lipinski definition) is 1. The Bertz CT molecular complexity index is 651. The van der Waals surface area contributed by atoms with Crippen molar-refractivity contribution in [2.24, 2.45) is 5.16 Å². The van der Waals surface area contributed by atoms with Crippen molar-refractivity contribution in [2.45, 2.75) is 6.92 Å². The molecule has 22 heavy (non-hydrogen) atoms. The molecule has 0 spiro atoms. The molecular formula is C17H18N2O3. The number of aryl methyl sites for hydroxylation is 1. The van der Waals surface area contributed by atoms with Gasteiger partial charge >= 0.3 is 0 Å². The predicted octanol–water partition coefficient (Wildman–Crippen LogP) is 2.99. The molecule has 2 aromatic carbocycles. The van der Waals surface area contributed by atoms with E-state index >= 15 is 0 Å². The molecule has 0 aromatic heterocycles. The van der Waals surface area contributed by atoms with Crippen LogP contribution in [0.3, 0.4) is 0 Å². The van der Waals surface area contributed by atoms with Gasteiger partial charge in [-0.05, 0) is 31.2 Å². The number of nitrogens with zero attached hydrogens (tertiary/aromatic N) is 1. The molecule has 0 bridgehead atoms. The minimum atomic E-state index is -0.263. The summed E-state index contributed by atoms with van der Waals surface area (Å²) in [4.78, 5) is 16.7. The second-order valence-electron chi connectivity index (χ2n) is 4.66. The monoisotopic (exact) mass is 298 g/mol. The van der Waals surface area contributed by atoms with Gasteiger partial charge in [0.05, 0.1) is 13.3 Å². The lowest BCUT2D eigenvalue weighted by molar-refractivity contribution is -0.120. The number of anilines is 1. The third-order valence-corrected chi connectivity index (χ3v) is 2.94. The zero-order valence-corrected chi connectivity index (χ0v) is 12.6. The first-order valence-electron chi connectivity index (χ1n) is 6.84. The topological polar surface area (TPSA) is 59.9 Å². The molecule has 0 atom stereocenters. The number of para-hydroxylation sites is 1. The first-order chi connectivity index (χ1) is 10.7. The smallest absolute Gasteiger partial charge is 0.265 e. The molecule has 2 rings (SSSR count). The molecule has 2 aromatic rings. The fraction of sp³-hybridized carbons (Fsp3) is 0.176. The summed E-state index contributed by atoms with van der Waals surface area (Å²) in [5.74, 6) is 0.431. The number of carbonyl (C=O) groups is 1. The van der Waals surface area contributed by atoms with E-state index in [0.29, 0.717) is 5.75 Å². The SMILES string of the molecule is COc1ccccc1/C=N\OCC(=O)Nc1ccc(C)cc1. The number of amides is 1. The van der Waals surface area contributed by atoms with Gasteiger partial charge in [-0.15, -0.1) is 0 Å². The molecule has 0 unspecified atom stereocenters. The van der Waals surface area contributed by atoms with Gasteiger partial charge in [-0.1, -0.05) is 35.0 Å². The summed E-state index contributed by atoms with van der Waals surface area (Å²) in [7, 11) is 1.59. The molecule has 1 amide bonds. The van der Waals surface area contributed by atoms with Crippen LogP contribution in [-0.2, 0) is 9.63 Å². The predicted molar refractivity (Wildman–Crippen MR) is 86.3 cm³/mol. The molecule has 0 saturated carbocycles. The van der Waals surface area contributed by atoms with Gasteiger partial charge in [-0.3, -0.25) is 4.79 Å². The molecule has 5 heteroatoms. The van der Waals surface area contributed by atoms with Gasteiger partial charge in [0, 0.05) is 11.3 Å². The van der Waals surface area contributed by atoms with Crippen LogP contribution in [0.4, 0.5) is 5.69 Å². The Morgan fingerprint density at radius 3 is 2.64 bits per heavy atom. The molecule has 0 heterocycles. The summed E-state index contributed by atoms with van der Waals surface area (Å²) in [5.41, 5.74) is 2.65. The van der Waals surface area contributed by atoms with Crippen LogP contribution in [0.25, 0.3) is 0 Å². The van der Waals surface area contributed by atoms with Crippen LogP contribution in [-0.4, -0.2) is 25.8 Å². The minimum absolute atomic E-state index is 0.153. The number of benzene rings is 2. The van der Waals surface area contributed by atoms with Crippen molar-refractivity contribution < 1.29 is 14.4 Å². The van der Waals surface area contributed by atoms with Crippen molar-refractivity contribution in [3.63, 3.8) is 0 Å². The molecule has 5 nitrogen and oxygen atoms in total. The summed E-state index contributed by atoms with van der Waals surface area (Å²) >= 11 is 0. The lowest BCUT2D eigenvalue weighted by Gasteiger charge is -2.05. The fourth-order valence-electron chi connectivity index (χ4n) is 1.80. The van der Waals surface area contributed by atoms with E-state index in [-0.39, 0.29) is 12.5 Å². The fourth-order valence-corrected chi connectivity index (χ4v) is 1.80. The second-order valence-corrected chi connectivity index (χ2v) is 4.66. The van der Waals surface area contributed by atoms with Gasteiger partial charge in [-0.25, -0.2) is 0 Å². The maximum atomic E-state index is 11.7. The molecular weight excluding hydrogens is 280 g/mol. The van der Waals surface area contributed by atoms with Crippen molar-refractivity contribution >= 4 is 17.8 Å². The highest BCUT2D eigenvalue weighted by Crippen LogP contribution is 2.14. The largest absolute Gasteiger partial charge is 0.496 e. The van der Waals surface area contributed by atoms with Crippen molar-refractivity contribution in [3.05, 3.63) is 59.7 Å². The number of carbonyl (C=O) groups excluding carboxylic acids is 1. The Kier molecular flexibility index (Phi) is 5.54. The lowest BCUT2D eigenvalue weighted by Crippen LogP contribution is -2.16. The van der Waals surface area contributed by atoms with E-state index in [2.05, 4.69) is 10.5 Å². The molecule has 0 aliphatic carbocycles. The third-order valence-electron chi connectivity index (χ3n) is 2.94. The van der Waals surface area contributed by atoms with E-state index in [1.54, 1.807) is 7.11 Å². The molecule has 0 aliphatic rings. The summed E-state index contributed by atoms with van der Waals surface area (Å²) in [6.07, 6.45) is 1.51. The van der Waals surface area contributed by atoms with Crippen molar-refractivity contribution in [1.29, 1.82) is 0 Å². The van der Waals surface area contributed by atoms with Crippen LogP contribution in [0.1, 0.15) is 11.1 Å². The number of oxime groups is 1. The first-order valence-corrected chi connectivity index (χ1v) is 6.84. The summed E-state index contributed by atoms with van der Waals surface area (Å²) in [5, 5.41) is 6.51. The third kappa shape index (κ3) is 4.63. The van der Waals surface area contributed by atoms with Crippen molar-refractivity contribution in [2.75, 3.05) is 19.0 Å². The Morgan fingerprint density at radius 2 is 1.91 bits per heavy atom. The highest BCUT2D eigenvalue weighted by molar-refractivity contribution is 5.91. The summed E-state index contributed by atoms with van der Waals surface area (Å²) < 4.78 is 5.19. The number of hydrogen-bond acceptors (Lipinski definition) is 4. The average molecular weight is 298 g/mol. The van der Waals surface area contributed by atoms with Crippen LogP contribution in [0.15, 0.2) is 53.7 Å². The number of ether oxygens (including phenoxy) is 1. The van der Waals surface area contributed by atoms with Gasteiger partial charge < -0.3 is 14.9 Å². The normalized spacial score (nSPS) is 10.5. The van der Waals surface area contributed by atoms with E-state index in [1.165, 1.54) is 6.21 Å². The minimum Gasteiger partial charge on any atom is -0.496 e. The van der Waals surface area contributed by atoms with Crippen molar-refractivity contribution in [1.82, 2.24) is 0 Å². The van der Waals surface area contributed by atoms with Gasteiger partial charge in [0.25, 0.3) is 5.91 Å². The Morgan fingerprint density at radius 1 is 1.18 bits per heavy atom. The quantitative estimate of drug-likeness (QED) is 0.659. The highest BCUT2D eigenvalue weighted by Gasteiger charge is 2.02. The molecule has 1 N–H and O–H groups in total. The second kappa shape index (κ2) is 7.83. The van der Waals surface area contributed by atoms with Gasteiger partial charge in [-0.2, -0.15) is 0 Å². The lowest BCUT2D eigenvalue weighted by atomic mass is 10.2. The highest BCUT2D eigenvalue weighted by atomic mass is 16.6. The summed E-state index contributed by atoms with van der Waals surface area (Å²) in [6.45, 7) is 1.83. The van der Waals surface area contributed by atoms with Crippen molar-refractivity contribution in [3.8, 4) is 5.75 Å². The Labute approximate surface area is 129 Å².